The number of nitrogens with one attached hydrogen (secondary N) is 1. The molecular weight excluding hydrogens is 472 g/mol. The third-order valence-corrected chi connectivity index (χ3v) is 7.29. The number of thiazole rings is 1. The number of hydrogen-bond acceptors (Lipinski definition) is 8. The van der Waals surface area contributed by atoms with Crippen LogP contribution < -0.4 is 5.32 Å². The van der Waals surface area contributed by atoms with Crippen LogP contribution in [0.2, 0.25) is 5.02 Å². The van der Waals surface area contributed by atoms with E-state index in [9.17, 15) is 9.90 Å². The number of rotatable bonds is 6. The molecule has 1 fully saturated rings. The van der Waals surface area contributed by atoms with Crippen molar-refractivity contribution in [2.45, 2.75) is 25.1 Å². The molecule has 1 aliphatic heterocycles. The van der Waals surface area contributed by atoms with Crippen molar-refractivity contribution in [1.29, 1.82) is 0 Å². The third-order valence-electron chi connectivity index (χ3n) is 5.88. The van der Waals surface area contributed by atoms with Crippen LogP contribution in [0, 0.1) is 0 Å². The smallest absolute Gasteiger partial charge is 0.323 e. The van der Waals surface area contributed by atoms with Gasteiger partial charge in [0.15, 0.2) is 5.82 Å². The van der Waals surface area contributed by atoms with E-state index in [0.29, 0.717) is 30.4 Å². The summed E-state index contributed by atoms with van der Waals surface area (Å²) in [7, 11) is 1.37. The van der Waals surface area contributed by atoms with Crippen LogP contribution in [-0.4, -0.2) is 51.7 Å². The summed E-state index contributed by atoms with van der Waals surface area (Å²) in [5.41, 5.74) is 3.44. The van der Waals surface area contributed by atoms with E-state index in [1.165, 1.54) is 18.4 Å². The summed E-state index contributed by atoms with van der Waals surface area (Å²) in [6.45, 7) is 0.848. The van der Waals surface area contributed by atoms with E-state index in [4.69, 9.17) is 21.3 Å². The summed E-state index contributed by atoms with van der Waals surface area (Å²) in [6.07, 6.45) is 1.54. The number of esters is 1. The number of carbonyl (C=O) groups is 1. The van der Waals surface area contributed by atoms with Gasteiger partial charge in [-0.2, -0.15) is 0 Å². The van der Waals surface area contributed by atoms with Crippen LogP contribution in [0.1, 0.15) is 11.4 Å². The number of β-amino-alcohol motifs (C(OH)–C–C–N with tert-alkyl or cyclic N) is 1. The molecule has 9 heteroatoms. The minimum absolute atomic E-state index is 0.338. The normalized spacial score (nSPS) is 18.3. The number of ether oxygens (including phenoxy) is 1. The lowest BCUT2D eigenvalue weighted by Crippen LogP contribution is -2.36. The molecule has 0 bridgehead atoms. The molecule has 1 saturated heterocycles. The fourth-order valence-electron chi connectivity index (χ4n) is 4.27. The number of aliphatic hydroxyl groups is 1. The fourth-order valence-corrected chi connectivity index (χ4v) is 5.54. The van der Waals surface area contributed by atoms with Crippen LogP contribution in [0.4, 0.5) is 11.5 Å². The van der Waals surface area contributed by atoms with Crippen molar-refractivity contribution in [2.24, 2.45) is 0 Å². The molecule has 0 unspecified atom stereocenters. The quantitative estimate of drug-likeness (QED) is 0.370. The van der Waals surface area contributed by atoms with Crippen molar-refractivity contribution >= 4 is 50.6 Å². The number of hydrogen-bond donors (Lipinski definition) is 2. The summed E-state index contributed by atoms with van der Waals surface area (Å²) in [4.78, 5) is 23.3. The van der Waals surface area contributed by atoms with Gasteiger partial charge in [-0.25, -0.2) is 9.97 Å². The molecule has 0 saturated carbocycles. The first kappa shape index (κ1) is 22.7. The summed E-state index contributed by atoms with van der Waals surface area (Å²) >= 11 is 8.29. The van der Waals surface area contributed by atoms with Crippen molar-refractivity contribution in [3.05, 3.63) is 70.8 Å². The average molecular weight is 495 g/mol. The molecule has 0 aliphatic carbocycles. The molecule has 0 radical (unpaired) electrons. The van der Waals surface area contributed by atoms with Crippen LogP contribution in [-0.2, 0) is 16.1 Å². The molecular formula is C25H23ClN4O3S. The molecule has 2 N–H and O–H groups in total. The highest BCUT2D eigenvalue weighted by atomic mass is 35.5. The number of carbonyl (C=O) groups excluding carboxylic acids is 1. The molecule has 2 aromatic carbocycles. The van der Waals surface area contributed by atoms with Crippen molar-refractivity contribution in [2.75, 3.05) is 19.0 Å². The Labute approximate surface area is 206 Å². The van der Waals surface area contributed by atoms with E-state index in [1.54, 1.807) is 6.20 Å². The van der Waals surface area contributed by atoms with Crippen molar-refractivity contribution < 1.29 is 14.6 Å². The zero-order chi connectivity index (χ0) is 23.7. The van der Waals surface area contributed by atoms with Gasteiger partial charge in [-0.1, -0.05) is 54.1 Å². The topological polar surface area (TPSA) is 87.6 Å². The molecule has 2 atom stereocenters. The standard InChI is InChI=1S/C25H23ClN4O3S/c1-33-25(32)19-12-16(31)13-30(19)14-21-29-23-20(34-21)10-11-27-24(23)28-18-9-5-8-17(22(18)26)15-6-3-2-4-7-15/h2-11,16,19,31H,12-14H2,1H3,(H,27,28)/t16-,19-/m0/s1. The number of halogens is 1. The van der Waals surface area contributed by atoms with E-state index in [2.05, 4.69) is 10.3 Å². The maximum absolute atomic E-state index is 12.1. The predicted molar refractivity (Wildman–Crippen MR) is 134 cm³/mol. The Morgan fingerprint density at radius 3 is 2.85 bits per heavy atom. The fraction of sp³-hybridized carbons (Fsp3) is 0.240. The van der Waals surface area contributed by atoms with Gasteiger partial charge in [0.25, 0.3) is 0 Å². The monoisotopic (exact) mass is 494 g/mol. The number of nitrogens with zero attached hydrogens (tertiary/aromatic N) is 3. The first-order valence-corrected chi connectivity index (χ1v) is 12.1. The van der Waals surface area contributed by atoms with E-state index in [1.807, 2.05) is 59.5 Å². The van der Waals surface area contributed by atoms with Gasteiger partial charge in [-0.15, -0.1) is 11.3 Å². The number of methoxy groups -OCH3 is 1. The first-order chi connectivity index (χ1) is 16.5. The zero-order valence-corrected chi connectivity index (χ0v) is 20.0. The van der Waals surface area contributed by atoms with Crippen molar-refractivity contribution in [3.63, 3.8) is 0 Å². The lowest BCUT2D eigenvalue weighted by Gasteiger charge is -2.20. The van der Waals surface area contributed by atoms with E-state index in [-0.39, 0.29) is 5.97 Å². The van der Waals surface area contributed by atoms with Crippen LogP contribution in [0.5, 0.6) is 0 Å². The lowest BCUT2D eigenvalue weighted by molar-refractivity contribution is -0.146. The van der Waals surface area contributed by atoms with Gasteiger partial charge < -0.3 is 15.2 Å². The Morgan fingerprint density at radius 1 is 1.24 bits per heavy atom. The maximum Gasteiger partial charge on any atom is 0.323 e. The second-order valence-corrected chi connectivity index (χ2v) is 9.62. The SMILES string of the molecule is COC(=O)[C@@H]1C[C@H](O)CN1Cc1nc2c(Nc3cccc(-c4ccccc4)c3Cl)nccc2s1. The van der Waals surface area contributed by atoms with Crippen LogP contribution in [0.3, 0.4) is 0 Å². The Morgan fingerprint density at radius 2 is 2.06 bits per heavy atom. The van der Waals surface area contributed by atoms with Crippen LogP contribution in [0.15, 0.2) is 60.8 Å². The number of fused-ring (bicyclic) bond motifs is 1. The molecule has 2 aromatic heterocycles. The number of anilines is 2. The molecule has 7 nitrogen and oxygen atoms in total. The minimum Gasteiger partial charge on any atom is -0.468 e. The van der Waals surface area contributed by atoms with Crippen molar-refractivity contribution in [1.82, 2.24) is 14.9 Å². The molecule has 174 valence electrons. The summed E-state index contributed by atoms with van der Waals surface area (Å²) < 4.78 is 5.88. The Bertz CT molecular complexity index is 1330. The van der Waals surface area contributed by atoms with Crippen LogP contribution >= 0.6 is 22.9 Å². The summed E-state index contributed by atoms with van der Waals surface area (Å²) in [6, 6.07) is 17.3. The highest BCUT2D eigenvalue weighted by molar-refractivity contribution is 7.18. The molecule has 34 heavy (non-hydrogen) atoms. The largest absolute Gasteiger partial charge is 0.468 e. The first-order valence-electron chi connectivity index (χ1n) is 10.9. The third kappa shape index (κ3) is 4.50. The molecule has 3 heterocycles. The predicted octanol–water partition coefficient (Wildman–Crippen LogP) is 4.86. The molecule has 5 rings (SSSR count). The van der Waals surface area contributed by atoms with Gasteiger partial charge in [0, 0.05) is 24.7 Å². The molecule has 0 amide bonds. The van der Waals surface area contributed by atoms with Gasteiger partial charge in [0.05, 0.1) is 35.2 Å². The number of pyridine rings is 1. The van der Waals surface area contributed by atoms with Gasteiger partial charge >= 0.3 is 5.97 Å². The van der Waals surface area contributed by atoms with E-state index < -0.39 is 12.1 Å². The highest BCUT2D eigenvalue weighted by Gasteiger charge is 2.37. The molecule has 1 aliphatic rings. The lowest BCUT2D eigenvalue weighted by atomic mass is 10.1. The van der Waals surface area contributed by atoms with E-state index >= 15 is 0 Å². The minimum atomic E-state index is -0.559. The van der Waals surface area contributed by atoms with Gasteiger partial charge in [-0.05, 0) is 17.7 Å². The summed E-state index contributed by atoms with van der Waals surface area (Å²) in [5, 5.41) is 14.9. The van der Waals surface area contributed by atoms with E-state index in [0.717, 1.165) is 32.0 Å². The number of likely N-dealkylation sites (tertiary alicyclic amines) is 1. The van der Waals surface area contributed by atoms with Crippen LogP contribution in [0.25, 0.3) is 21.3 Å². The van der Waals surface area contributed by atoms with Gasteiger partial charge in [0.2, 0.25) is 0 Å². The van der Waals surface area contributed by atoms with Gasteiger partial charge in [0.1, 0.15) is 16.6 Å². The zero-order valence-electron chi connectivity index (χ0n) is 18.4. The number of benzene rings is 2. The summed E-state index contributed by atoms with van der Waals surface area (Å²) in [5.74, 6) is 0.271. The average Bonchev–Trinajstić information content (AvgIpc) is 3.43. The number of aliphatic hydroxyl groups excluding tert-OH is 1. The number of aromatic nitrogens is 2. The molecule has 4 aromatic rings. The second kappa shape index (κ2) is 9.68. The van der Waals surface area contributed by atoms with Crippen molar-refractivity contribution in [3.8, 4) is 11.1 Å². The highest BCUT2D eigenvalue weighted by Crippen LogP contribution is 2.37. The Kier molecular flexibility index (Phi) is 6.47. The Hall–Kier alpha value is -3.04. The second-order valence-electron chi connectivity index (χ2n) is 8.13. The van der Waals surface area contributed by atoms with Gasteiger partial charge in [-0.3, -0.25) is 9.69 Å². The Balaban J connectivity index is 1.42. The maximum atomic E-state index is 12.1. The molecule has 0 spiro atoms.